The summed E-state index contributed by atoms with van der Waals surface area (Å²) in [5, 5.41) is 3.94. The number of rotatable bonds is 2. The fraction of sp³-hybridized carbons (Fsp3) is 0.286. The minimum Gasteiger partial charge on any atom is -0.381 e. The van der Waals surface area contributed by atoms with E-state index in [1.165, 1.54) is 0 Å². The van der Waals surface area contributed by atoms with Crippen LogP contribution in [0.3, 0.4) is 0 Å². The van der Waals surface area contributed by atoms with E-state index in [4.69, 9.17) is 4.74 Å². The molecule has 0 saturated carbocycles. The molecule has 0 radical (unpaired) electrons. The van der Waals surface area contributed by atoms with E-state index in [9.17, 15) is 4.79 Å². The first-order valence-corrected chi connectivity index (χ1v) is 6.96. The molecule has 1 amide bonds. The number of anilines is 1. The smallest absolute Gasteiger partial charge is 0.229 e. The standard InChI is InChI=1S/C14H13BrN2O2/c15-11-6-9-2-1-3-12(13(9)16-7-11)17-14(18)10-4-5-19-8-10/h1-3,6-7,10H,4-5,8H2,(H,17,18). The summed E-state index contributed by atoms with van der Waals surface area (Å²) in [7, 11) is 0. The van der Waals surface area contributed by atoms with Crippen LogP contribution in [0.1, 0.15) is 6.42 Å². The molecule has 1 aromatic carbocycles. The Bertz CT molecular complexity index is 624. The molecule has 1 aliphatic heterocycles. The molecule has 1 unspecified atom stereocenters. The van der Waals surface area contributed by atoms with Crippen molar-refractivity contribution in [3.05, 3.63) is 34.9 Å². The number of halogens is 1. The van der Waals surface area contributed by atoms with Crippen LogP contribution in [0.25, 0.3) is 10.9 Å². The third-order valence-corrected chi connectivity index (χ3v) is 3.67. The predicted octanol–water partition coefficient (Wildman–Crippen LogP) is 2.97. The number of hydrogen-bond acceptors (Lipinski definition) is 3. The molecule has 1 atom stereocenters. The molecule has 1 aromatic heterocycles. The van der Waals surface area contributed by atoms with Gasteiger partial charge in [0.1, 0.15) is 0 Å². The van der Waals surface area contributed by atoms with Crippen LogP contribution < -0.4 is 5.32 Å². The lowest BCUT2D eigenvalue weighted by molar-refractivity contribution is -0.119. The van der Waals surface area contributed by atoms with Gasteiger partial charge in [-0.2, -0.15) is 0 Å². The Balaban J connectivity index is 1.90. The van der Waals surface area contributed by atoms with Crippen LogP contribution in [0.4, 0.5) is 5.69 Å². The summed E-state index contributed by atoms with van der Waals surface area (Å²) in [5.74, 6) is -0.0413. The Morgan fingerprint density at radius 2 is 2.37 bits per heavy atom. The van der Waals surface area contributed by atoms with Crippen LogP contribution in [0.15, 0.2) is 34.9 Å². The van der Waals surface area contributed by atoms with Gasteiger partial charge in [0.15, 0.2) is 0 Å². The number of hydrogen-bond donors (Lipinski definition) is 1. The second-order valence-electron chi connectivity index (χ2n) is 4.58. The summed E-state index contributed by atoms with van der Waals surface area (Å²) in [6, 6.07) is 7.74. The van der Waals surface area contributed by atoms with Gasteiger partial charge in [0.05, 0.1) is 23.7 Å². The summed E-state index contributed by atoms with van der Waals surface area (Å²) in [6.07, 6.45) is 2.52. The number of aromatic nitrogens is 1. The lowest BCUT2D eigenvalue weighted by Crippen LogP contribution is -2.23. The van der Waals surface area contributed by atoms with Crippen LogP contribution in [0, 0.1) is 5.92 Å². The van der Waals surface area contributed by atoms with Gasteiger partial charge in [-0.1, -0.05) is 12.1 Å². The summed E-state index contributed by atoms with van der Waals surface area (Å²) >= 11 is 3.40. The topological polar surface area (TPSA) is 51.2 Å². The Morgan fingerprint density at radius 3 is 3.16 bits per heavy atom. The molecule has 19 heavy (non-hydrogen) atoms. The van der Waals surface area contributed by atoms with Gasteiger partial charge in [-0.3, -0.25) is 9.78 Å². The third-order valence-electron chi connectivity index (χ3n) is 3.24. The third kappa shape index (κ3) is 2.62. The maximum atomic E-state index is 12.1. The molecule has 1 aliphatic rings. The van der Waals surface area contributed by atoms with Gasteiger partial charge >= 0.3 is 0 Å². The van der Waals surface area contributed by atoms with E-state index in [0.29, 0.717) is 13.2 Å². The zero-order chi connectivity index (χ0) is 13.2. The molecule has 1 saturated heterocycles. The normalized spacial score (nSPS) is 18.7. The monoisotopic (exact) mass is 320 g/mol. The van der Waals surface area contributed by atoms with Gasteiger partial charge in [-0.25, -0.2) is 0 Å². The van der Waals surface area contributed by atoms with Crippen molar-refractivity contribution in [2.45, 2.75) is 6.42 Å². The zero-order valence-corrected chi connectivity index (χ0v) is 11.8. The van der Waals surface area contributed by atoms with Crippen LogP contribution >= 0.6 is 15.9 Å². The van der Waals surface area contributed by atoms with E-state index >= 15 is 0 Å². The quantitative estimate of drug-likeness (QED) is 0.925. The first-order chi connectivity index (χ1) is 9.24. The number of carbonyl (C=O) groups is 1. The summed E-state index contributed by atoms with van der Waals surface area (Å²) < 4.78 is 6.16. The maximum Gasteiger partial charge on any atom is 0.229 e. The average molecular weight is 321 g/mol. The molecule has 0 aliphatic carbocycles. The van der Waals surface area contributed by atoms with Crippen LogP contribution in [-0.2, 0) is 9.53 Å². The van der Waals surface area contributed by atoms with E-state index in [1.807, 2.05) is 24.3 Å². The number of carbonyl (C=O) groups excluding carboxylic acids is 1. The van der Waals surface area contributed by atoms with Crippen LogP contribution in [-0.4, -0.2) is 24.1 Å². The number of para-hydroxylation sites is 1. The molecule has 1 fully saturated rings. The molecule has 4 nitrogen and oxygen atoms in total. The molecule has 98 valence electrons. The first kappa shape index (κ1) is 12.6. The van der Waals surface area contributed by atoms with Gasteiger partial charge in [0.2, 0.25) is 5.91 Å². The van der Waals surface area contributed by atoms with Crippen molar-refractivity contribution in [2.75, 3.05) is 18.5 Å². The lowest BCUT2D eigenvalue weighted by Gasteiger charge is -2.11. The largest absolute Gasteiger partial charge is 0.381 e. The fourth-order valence-corrected chi connectivity index (χ4v) is 2.56. The fourth-order valence-electron chi connectivity index (χ4n) is 2.21. The van der Waals surface area contributed by atoms with Crippen molar-refractivity contribution >= 4 is 38.4 Å². The Morgan fingerprint density at radius 1 is 1.47 bits per heavy atom. The number of ether oxygens (including phenoxy) is 1. The summed E-state index contributed by atoms with van der Waals surface area (Å²) in [5.41, 5.74) is 1.56. The molecule has 1 N–H and O–H groups in total. The maximum absolute atomic E-state index is 12.1. The molecule has 5 heteroatoms. The Hall–Kier alpha value is -1.46. The minimum atomic E-state index is -0.0503. The highest BCUT2D eigenvalue weighted by molar-refractivity contribution is 9.10. The second kappa shape index (κ2) is 5.27. The molecular formula is C14H13BrN2O2. The lowest BCUT2D eigenvalue weighted by atomic mass is 10.1. The van der Waals surface area contributed by atoms with Crippen molar-refractivity contribution in [3.63, 3.8) is 0 Å². The van der Waals surface area contributed by atoms with Gasteiger partial charge in [-0.05, 0) is 34.5 Å². The van der Waals surface area contributed by atoms with E-state index in [0.717, 1.165) is 27.5 Å². The average Bonchev–Trinajstić information content (AvgIpc) is 2.92. The number of nitrogens with zero attached hydrogens (tertiary/aromatic N) is 1. The number of pyridine rings is 1. The molecule has 0 bridgehead atoms. The number of nitrogens with one attached hydrogen (secondary N) is 1. The predicted molar refractivity (Wildman–Crippen MR) is 77.0 cm³/mol. The van der Waals surface area contributed by atoms with Gasteiger partial charge < -0.3 is 10.1 Å². The van der Waals surface area contributed by atoms with Gasteiger partial charge in [0, 0.05) is 22.7 Å². The number of amides is 1. The molecular weight excluding hydrogens is 308 g/mol. The number of fused-ring (bicyclic) bond motifs is 1. The van der Waals surface area contributed by atoms with Crippen molar-refractivity contribution < 1.29 is 9.53 Å². The molecule has 0 spiro atoms. The van der Waals surface area contributed by atoms with Crippen LogP contribution in [0.2, 0.25) is 0 Å². The van der Waals surface area contributed by atoms with E-state index in [1.54, 1.807) is 6.20 Å². The van der Waals surface area contributed by atoms with Crippen molar-refractivity contribution in [1.29, 1.82) is 0 Å². The highest BCUT2D eigenvalue weighted by atomic mass is 79.9. The highest BCUT2D eigenvalue weighted by Gasteiger charge is 2.23. The molecule has 3 rings (SSSR count). The minimum absolute atomic E-state index is 0.00900. The molecule has 2 heterocycles. The Labute approximate surface area is 119 Å². The van der Waals surface area contributed by atoms with Crippen molar-refractivity contribution in [2.24, 2.45) is 5.92 Å². The Kier molecular flexibility index (Phi) is 3.48. The van der Waals surface area contributed by atoms with Crippen molar-refractivity contribution in [1.82, 2.24) is 4.98 Å². The summed E-state index contributed by atoms with van der Waals surface area (Å²) in [6.45, 7) is 1.17. The first-order valence-electron chi connectivity index (χ1n) is 6.17. The van der Waals surface area contributed by atoms with E-state index < -0.39 is 0 Å². The van der Waals surface area contributed by atoms with Crippen molar-refractivity contribution in [3.8, 4) is 0 Å². The summed E-state index contributed by atoms with van der Waals surface area (Å²) in [4.78, 5) is 16.5. The van der Waals surface area contributed by atoms with E-state index in [-0.39, 0.29) is 11.8 Å². The van der Waals surface area contributed by atoms with E-state index in [2.05, 4.69) is 26.2 Å². The second-order valence-corrected chi connectivity index (χ2v) is 5.50. The SMILES string of the molecule is O=C(Nc1cccc2cc(Br)cnc12)C1CCOC1. The van der Waals surface area contributed by atoms with Gasteiger partial charge in [0.25, 0.3) is 0 Å². The zero-order valence-electron chi connectivity index (χ0n) is 10.2. The van der Waals surface area contributed by atoms with Gasteiger partial charge in [-0.15, -0.1) is 0 Å². The highest BCUT2D eigenvalue weighted by Crippen LogP contribution is 2.25. The number of benzene rings is 1. The molecule has 2 aromatic rings. The van der Waals surface area contributed by atoms with Crippen LogP contribution in [0.5, 0.6) is 0 Å².